The lowest BCUT2D eigenvalue weighted by molar-refractivity contribution is 0.0538. The summed E-state index contributed by atoms with van der Waals surface area (Å²) in [6.07, 6.45) is 8.73. The Labute approximate surface area is 129 Å². The number of hydrogen-bond acceptors (Lipinski definition) is 2. The lowest BCUT2D eigenvalue weighted by atomic mass is 9.87. The van der Waals surface area contributed by atoms with Gasteiger partial charge in [0.05, 0.1) is 0 Å². The maximum absolute atomic E-state index is 5.54. The molecule has 1 fully saturated rings. The van der Waals surface area contributed by atoms with Gasteiger partial charge in [0.2, 0.25) is 0 Å². The van der Waals surface area contributed by atoms with Gasteiger partial charge in [0.25, 0.3) is 0 Å². The number of fused-ring (bicyclic) bond motifs is 1. The Morgan fingerprint density at radius 2 is 2.00 bits per heavy atom. The topological polar surface area (TPSA) is 21.3 Å². The average Bonchev–Trinajstić information content (AvgIpc) is 3.00. The Kier molecular flexibility index (Phi) is 5.32. The second kappa shape index (κ2) is 7.42. The molecule has 0 spiro atoms. The van der Waals surface area contributed by atoms with Crippen LogP contribution in [0.5, 0.6) is 0 Å². The van der Waals surface area contributed by atoms with Gasteiger partial charge < -0.3 is 10.1 Å². The molecule has 116 valence electrons. The Morgan fingerprint density at radius 1 is 1.19 bits per heavy atom. The van der Waals surface area contributed by atoms with Gasteiger partial charge in [-0.1, -0.05) is 25.1 Å². The van der Waals surface area contributed by atoms with Crippen LogP contribution in [-0.2, 0) is 24.0 Å². The summed E-state index contributed by atoms with van der Waals surface area (Å²) >= 11 is 0. The van der Waals surface area contributed by atoms with Crippen LogP contribution >= 0.6 is 0 Å². The molecule has 0 bridgehead atoms. The summed E-state index contributed by atoms with van der Waals surface area (Å²) in [6, 6.07) is 7.83. The van der Waals surface area contributed by atoms with Crippen molar-refractivity contribution >= 4 is 0 Å². The number of ether oxygens (including phenoxy) is 1. The van der Waals surface area contributed by atoms with Gasteiger partial charge in [-0.3, -0.25) is 0 Å². The third-order valence-electron chi connectivity index (χ3n) is 5.11. The van der Waals surface area contributed by atoms with E-state index < -0.39 is 0 Å². The Balaban J connectivity index is 1.67. The molecular formula is C19H29NO. The van der Waals surface area contributed by atoms with Gasteiger partial charge in [-0.25, -0.2) is 0 Å². The van der Waals surface area contributed by atoms with E-state index in [0.29, 0.717) is 6.04 Å². The van der Waals surface area contributed by atoms with Crippen molar-refractivity contribution in [3.05, 3.63) is 34.9 Å². The molecule has 0 aromatic heterocycles. The van der Waals surface area contributed by atoms with Crippen LogP contribution in [0.1, 0.15) is 49.3 Å². The molecule has 21 heavy (non-hydrogen) atoms. The molecular weight excluding hydrogens is 258 g/mol. The van der Waals surface area contributed by atoms with E-state index in [4.69, 9.17) is 4.74 Å². The Morgan fingerprint density at radius 3 is 2.81 bits per heavy atom. The highest BCUT2D eigenvalue weighted by molar-refractivity contribution is 5.35. The molecule has 3 rings (SSSR count). The summed E-state index contributed by atoms with van der Waals surface area (Å²) in [5.41, 5.74) is 4.72. The molecule has 1 aliphatic heterocycles. The number of rotatable bonds is 6. The zero-order valence-electron chi connectivity index (χ0n) is 13.4. The van der Waals surface area contributed by atoms with Crippen molar-refractivity contribution in [2.75, 3.05) is 19.8 Å². The van der Waals surface area contributed by atoms with Crippen molar-refractivity contribution in [1.82, 2.24) is 5.32 Å². The molecule has 2 heteroatoms. The van der Waals surface area contributed by atoms with Crippen molar-refractivity contribution in [1.29, 1.82) is 0 Å². The minimum absolute atomic E-state index is 0.619. The zero-order chi connectivity index (χ0) is 14.5. The largest absolute Gasteiger partial charge is 0.381 e. The normalized spacial score (nSPS) is 20.4. The van der Waals surface area contributed by atoms with Gasteiger partial charge in [-0.15, -0.1) is 0 Å². The molecule has 1 aliphatic carbocycles. The van der Waals surface area contributed by atoms with Crippen LogP contribution in [0.4, 0.5) is 0 Å². The summed E-state index contributed by atoms with van der Waals surface area (Å²) in [5.74, 6) is 0.776. The second-order valence-corrected chi connectivity index (χ2v) is 6.67. The van der Waals surface area contributed by atoms with Gasteiger partial charge >= 0.3 is 0 Å². The molecule has 1 saturated heterocycles. The fraction of sp³-hybridized carbons (Fsp3) is 0.684. The van der Waals surface area contributed by atoms with Gasteiger partial charge in [-0.05, 0) is 74.1 Å². The first-order valence-electron chi connectivity index (χ1n) is 8.78. The molecule has 1 aromatic rings. The van der Waals surface area contributed by atoms with Gasteiger partial charge in [0, 0.05) is 19.3 Å². The van der Waals surface area contributed by atoms with Crippen molar-refractivity contribution in [2.45, 2.75) is 57.9 Å². The summed E-state index contributed by atoms with van der Waals surface area (Å²) in [5, 5.41) is 3.80. The van der Waals surface area contributed by atoms with Gasteiger partial charge in [-0.2, -0.15) is 0 Å². The van der Waals surface area contributed by atoms with Gasteiger partial charge in [0.15, 0.2) is 0 Å². The van der Waals surface area contributed by atoms with Crippen LogP contribution in [0.15, 0.2) is 18.2 Å². The lowest BCUT2D eigenvalue weighted by Crippen LogP contribution is -2.41. The van der Waals surface area contributed by atoms with Crippen LogP contribution in [0.25, 0.3) is 0 Å². The third-order valence-corrected chi connectivity index (χ3v) is 5.11. The molecule has 0 radical (unpaired) electrons. The van der Waals surface area contributed by atoms with Crippen LogP contribution in [0.3, 0.4) is 0 Å². The molecule has 2 aliphatic rings. The first-order chi connectivity index (χ1) is 10.4. The first kappa shape index (κ1) is 15.1. The van der Waals surface area contributed by atoms with Crippen molar-refractivity contribution < 1.29 is 4.74 Å². The Hall–Kier alpha value is -0.860. The van der Waals surface area contributed by atoms with E-state index in [1.165, 1.54) is 50.5 Å². The summed E-state index contributed by atoms with van der Waals surface area (Å²) in [6.45, 7) is 5.27. The van der Waals surface area contributed by atoms with Crippen molar-refractivity contribution in [3.8, 4) is 0 Å². The minimum atomic E-state index is 0.619. The van der Waals surface area contributed by atoms with Crippen molar-refractivity contribution in [3.63, 3.8) is 0 Å². The summed E-state index contributed by atoms with van der Waals surface area (Å²) in [4.78, 5) is 0. The second-order valence-electron chi connectivity index (χ2n) is 6.67. The molecule has 2 nitrogen and oxygen atoms in total. The zero-order valence-corrected chi connectivity index (χ0v) is 13.4. The minimum Gasteiger partial charge on any atom is -0.381 e. The molecule has 0 amide bonds. The van der Waals surface area contributed by atoms with E-state index in [1.807, 2.05) is 0 Å². The SMILES string of the molecule is CCCNC(Cc1ccc2c(c1)CCC2)C1CCOCC1. The van der Waals surface area contributed by atoms with E-state index in [-0.39, 0.29) is 0 Å². The van der Waals surface area contributed by atoms with E-state index in [1.54, 1.807) is 11.1 Å². The highest BCUT2D eigenvalue weighted by atomic mass is 16.5. The van der Waals surface area contributed by atoms with E-state index in [9.17, 15) is 0 Å². The lowest BCUT2D eigenvalue weighted by Gasteiger charge is -2.31. The van der Waals surface area contributed by atoms with Crippen molar-refractivity contribution in [2.24, 2.45) is 5.92 Å². The molecule has 1 heterocycles. The fourth-order valence-corrected chi connectivity index (χ4v) is 3.86. The molecule has 1 unspecified atom stereocenters. The standard InChI is InChI=1S/C19H29NO/c1-2-10-20-19(17-8-11-21-12-9-17)14-15-6-7-16-4-3-5-18(16)13-15/h6-7,13,17,19-20H,2-5,8-12,14H2,1H3. The monoisotopic (exact) mass is 287 g/mol. The summed E-state index contributed by atoms with van der Waals surface area (Å²) in [7, 11) is 0. The molecule has 1 N–H and O–H groups in total. The number of hydrogen-bond donors (Lipinski definition) is 1. The maximum Gasteiger partial charge on any atom is 0.0469 e. The molecule has 0 saturated carbocycles. The average molecular weight is 287 g/mol. The van der Waals surface area contributed by atoms with Crippen LogP contribution in [0.2, 0.25) is 0 Å². The fourth-order valence-electron chi connectivity index (χ4n) is 3.86. The highest BCUT2D eigenvalue weighted by Gasteiger charge is 2.24. The quantitative estimate of drug-likeness (QED) is 0.864. The van der Waals surface area contributed by atoms with E-state index in [0.717, 1.165) is 25.7 Å². The smallest absolute Gasteiger partial charge is 0.0469 e. The van der Waals surface area contributed by atoms with Crippen LogP contribution in [0, 0.1) is 5.92 Å². The van der Waals surface area contributed by atoms with Crippen LogP contribution < -0.4 is 5.32 Å². The number of nitrogens with one attached hydrogen (secondary N) is 1. The van der Waals surface area contributed by atoms with Gasteiger partial charge in [0.1, 0.15) is 0 Å². The highest BCUT2D eigenvalue weighted by Crippen LogP contribution is 2.26. The molecule has 1 aromatic carbocycles. The Bertz CT molecular complexity index is 451. The predicted octanol–water partition coefficient (Wildman–Crippen LogP) is 3.51. The number of benzene rings is 1. The number of aryl methyl sites for hydroxylation is 2. The third kappa shape index (κ3) is 3.87. The first-order valence-corrected chi connectivity index (χ1v) is 8.78. The van der Waals surface area contributed by atoms with Crippen LogP contribution in [-0.4, -0.2) is 25.8 Å². The summed E-state index contributed by atoms with van der Waals surface area (Å²) < 4.78 is 5.54. The maximum atomic E-state index is 5.54. The van der Waals surface area contributed by atoms with E-state index >= 15 is 0 Å². The van der Waals surface area contributed by atoms with E-state index in [2.05, 4.69) is 30.4 Å². The predicted molar refractivity (Wildman–Crippen MR) is 87.8 cm³/mol. The molecule has 1 atom stereocenters.